The molecule has 3 N–H and O–H groups in total. The van der Waals surface area contributed by atoms with Gasteiger partial charge in [0.1, 0.15) is 5.82 Å². The molecule has 1 fully saturated rings. The molecule has 3 nitrogen and oxygen atoms in total. The predicted octanol–water partition coefficient (Wildman–Crippen LogP) is 1.81. The molecule has 2 rings (SSSR count). The summed E-state index contributed by atoms with van der Waals surface area (Å²) in [4.78, 5) is 1.88. The topological polar surface area (TPSA) is 49.5 Å². The maximum atomic E-state index is 13.9. The molecule has 1 aliphatic heterocycles. The first-order valence-electron chi connectivity index (χ1n) is 5.91. The Hall–Kier alpha value is -1.13. The number of aliphatic hydroxyl groups is 1. The van der Waals surface area contributed by atoms with Crippen LogP contribution in [-0.4, -0.2) is 23.8 Å². The molecule has 0 spiro atoms. The Labute approximate surface area is 101 Å². The van der Waals surface area contributed by atoms with Gasteiger partial charge in [0.05, 0.1) is 11.3 Å². The van der Waals surface area contributed by atoms with Crippen LogP contribution in [0.3, 0.4) is 0 Å². The molecule has 0 aromatic heterocycles. The van der Waals surface area contributed by atoms with Crippen LogP contribution < -0.4 is 10.6 Å². The second kappa shape index (κ2) is 4.27. The third kappa shape index (κ3) is 2.58. The SMILES string of the molecule is C[C@H](N)c1ccc(N2CCC(C)(O)C2)c(F)c1. The van der Waals surface area contributed by atoms with Crippen LogP contribution in [0.1, 0.15) is 31.9 Å². The third-order valence-electron chi connectivity index (χ3n) is 3.29. The summed E-state index contributed by atoms with van der Waals surface area (Å²) in [5.74, 6) is -0.266. The zero-order chi connectivity index (χ0) is 12.6. The lowest BCUT2D eigenvalue weighted by Crippen LogP contribution is -2.30. The van der Waals surface area contributed by atoms with Crippen LogP contribution in [0, 0.1) is 5.82 Å². The van der Waals surface area contributed by atoms with Crippen LogP contribution in [0.15, 0.2) is 18.2 Å². The van der Waals surface area contributed by atoms with Gasteiger partial charge in [0.2, 0.25) is 0 Å². The van der Waals surface area contributed by atoms with Crippen molar-refractivity contribution in [3.05, 3.63) is 29.6 Å². The average molecular weight is 238 g/mol. The Morgan fingerprint density at radius 1 is 1.53 bits per heavy atom. The number of benzene rings is 1. The number of halogens is 1. The van der Waals surface area contributed by atoms with Gasteiger partial charge in [-0.1, -0.05) is 6.07 Å². The van der Waals surface area contributed by atoms with Crippen molar-refractivity contribution in [2.45, 2.75) is 31.9 Å². The van der Waals surface area contributed by atoms with E-state index in [1.807, 2.05) is 17.9 Å². The highest BCUT2D eigenvalue weighted by Gasteiger charge is 2.32. The summed E-state index contributed by atoms with van der Waals surface area (Å²) >= 11 is 0. The molecular formula is C13H19FN2O. The van der Waals surface area contributed by atoms with Gasteiger partial charge in [-0.2, -0.15) is 0 Å². The highest BCUT2D eigenvalue weighted by atomic mass is 19.1. The maximum absolute atomic E-state index is 13.9. The minimum atomic E-state index is -0.716. The van der Waals surface area contributed by atoms with Crippen LogP contribution in [0.2, 0.25) is 0 Å². The molecule has 1 aromatic carbocycles. The quantitative estimate of drug-likeness (QED) is 0.826. The summed E-state index contributed by atoms with van der Waals surface area (Å²) < 4.78 is 13.9. The second-order valence-corrected chi connectivity index (χ2v) is 5.17. The zero-order valence-corrected chi connectivity index (χ0v) is 10.3. The number of β-amino-alcohol motifs (C(OH)–C–C–N with tert-alkyl or cyclic N) is 1. The minimum Gasteiger partial charge on any atom is -0.388 e. The maximum Gasteiger partial charge on any atom is 0.146 e. The molecule has 0 aliphatic carbocycles. The molecule has 1 unspecified atom stereocenters. The van der Waals surface area contributed by atoms with E-state index in [4.69, 9.17) is 5.73 Å². The van der Waals surface area contributed by atoms with Crippen molar-refractivity contribution in [3.63, 3.8) is 0 Å². The number of hydrogen-bond acceptors (Lipinski definition) is 3. The Morgan fingerprint density at radius 3 is 2.71 bits per heavy atom. The highest BCUT2D eigenvalue weighted by molar-refractivity contribution is 5.51. The third-order valence-corrected chi connectivity index (χ3v) is 3.29. The normalized spacial score (nSPS) is 26.3. The minimum absolute atomic E-state index is 0.166. The summed E-state index contributed by atoms with van der Waals surface area (Å²) in [7, 11) is 0. The Bertz CT molecular complexity index is 418. The highest BCUT2D eigenvalue weighted by Crippen LogP contribution is 2.29. The number of anilines is 1. The number of hydrogen-bond donors (Lipinski definition) is 2. The monoisotopic (exact) mass is 238 g/mol. The van der Waals surface area contributed by atoms with Crippen molar-refractivity contribution in [2.75, 3.05) is 18.0 Å². The fraction of sp³-hybridized carbons (Fsp3) is 0.538. The number of nitrogens with two attached hydrogens (primary N) is 1. The lowest BCUT2D eigenvalue weighted by Gasteiger charge is -2.22. The van der Waals surface area contributed by atoms with Gasteiger partial charge in [-0.15, -0.1) is 0 Å². The van der Waals surface area contributed by atoms with E-state index in [-0.39, 0.29) is 11.9 Å². The van der Waals surface area contributed by atoms with Gasteiger partial charge in [-0.3, -0.25) is 0 Å². The molecule has 0 saturated carbocycles. The van der Waals surface area contributed by atoms with E-state index in [9.17, 15) is 9.50 Å². The fourth-order valence-electron chi connectivity index (χ4n) is 2.21. The number of rotatable bonds is 2. The molecule has 2 atom stereocenters. The van der Waals surface area contributed by atoms with E-state index >= 15 is 0 Å². The van der Waals surface area contributed by atoms with E-state index in [0.29, 0.717) is 25.2 Å². The first-order valence-corrected chi connectivity index (χ1v) is 5.91. The van der Waals surface area contributed by atoms with Crippen molar-refractivity contribution in [3.8, 4) is 0 Å². The van der Waals surface area contributed by atoms with Crippen LogP contribution in [0.4, 0.5) is 10.1 Å². The largest absolute Gasteiger partial charge is 0.388 e. The fourth-order valence-corrected chi connectivity index (χ4v) is 2.21. The Balaban J connectivity index is 2.23. The van der Waals surface area contributed by atoms with Gasteiger partial charge in [-0.25, -0.2) is 4.39 Å². The van der Waals surface area contributed by atoms with Gasteiger partial charge >= 0.3 is 0 Å². The standard InChI is InChI=1S/C13H19FN2O/c1-9(15)10-3-4-12(11(14)7-10)16-6-5-13(2,17)8-16/h3-4,7,9,17H,5-6,8,15H2,1-2H3/t9-,13?/m0/s1. The van der Waals surface area contributed by atoms with E-state index in [1.165, 1.54) is 6.07 Å². The van der Waals surface area contributed by atoms with Crippen molar-refractivity contribution in [1.82, 2.24) is 0 Å². The van der Waals surface area contributed by atoms with Crippen LogP contribution in [0.5, 0.6) is 0 Å². The van der Waals surface area contributed by atoms with Crippen LogP contribution >= 0.6 is 0 Å². The van der Waals surface area contributed by atoms with Gasteiger partial charge in [0.15, 0.2) is 0 Å². The summed E-state index contributed by atoms with van der Waals surface area (Å²) in [5, 5.41) is 9.88. The molecule has 1 heterocycles. The average Bonchev–Trinajstić information content (AvgIpc) is 2.58. The second-order valence-electron chi connectivity index (χ2n) is 5.17. The Kier molecular flexibility index (Phi) is 3.10. The van der Waals surface area contributed by atoms with Gasteiger partial charge in [0.25, 0.3) is 0 Å². The molecule has 1 aliphatic rings. The zero-order valence-electron chi connectivity index (χ0n) is 10.3. The molecule has 17 heavy (non-hydrogen) atoms. The first-order chi connectivity index (χ1) is 7.89. The van der Waals surface area contributed by atoms with Crippen molar-refractivity contribution >= 4 is 5.69 Å². The molecule has 0 bridgehead atoms. The summed E-state index contributed by atoms with van der Waals surface area (Å²) in [5.41, 5.74) is 6.33. The predicted molar refractivity (Wildman–Crippen MR) is 66.5 cm³/mol. The van der Waals surface area contributed by atoms with Crippen molar-refractivity contribution in [1.29, 1.82) is 0 Å². The molecule has 94 valence electrons. The Morgan fingerprint density at radius 2 is 2.24 bits per heavy atom. The molecule has 0 amide bonds. The lowest BCUT2D eigenvalue weighted by molar-refractivity contribution is 0.0839. The van der Waals surface area contributed by atoms with E-state index in [2.05, 4.69) is 0 Å². The first kappa shape index (κ1) is 12.3. The molecule has 1 aromatic rings. The van der Waals surface area contributed by atoms with Crippen LogP contribution in [-0.2, 0) is 0 Å². The van der Waals surface area contributed by atoms with Gasteiger partial charge < -0.3 is 15.7 Å². The van der Waals surface area contributed by atoms with Crippen molar-refractivity contribution < 1.29 is 9.50 Å². The molecule has 0 radical (unpaired) electrons. The van der Waals surface area contributed by atoms with E-state index in [1.54, 1.807) is 13.0 Å². The molecular weight excluding hydrogens is 219 g/mol. The number of nitrogens with zero attached hydrogens (tertiary/aromatic N) is 1. The van der Waals surface area contributed by atoms with Crippen LogP contribution in [0.25, 0.3) is 0 Å². The molecule has 1 saturated heterocycles. The van der Waals surface area contributed by atoms with Gasteiger partial charge in [-0.05, 0) is 38.0 Å². The summed E-state index contributed by atoms with van der Waals surface area (Å²) in [6, 6.07) is 4.90. The lowest BCUT2D eigenvalue weighted by atomic mass is 10.1. The van der Waals surface area contributed by atoms with E-state index in [0.717, 1.165) is 5.56 Å². The smallest absolute Gasteiger partial charge is 0.146 e. The van der Waals surface area contributed by atoms with Crippen molar-refractivity contribution in [2.24, 2.45) is 5.73 Å². The summed E-state index contributed by atoms with van der Waals surface area (Å²) in [6.07, 6.45) is 0.668. The van der Waals surface area contributed by atoms with Gasteiger partial charge in [0, 0.05) is 19.1 Å². The van der Waals surface area contributed by atoms with E-state index < -0.39 is 5.60 Å². The molecule has 4 heteroatoms. The summed E-state index contributed by atoms with van der Waals surface area (Å²) in [6.45, 7) is 4.76.